The quantitative estimate of drug-likeness (QED) is 0.161. The lowest BCUT2D eigenvalue weighted by molar-refractivity contribution is -0.145. The van der Waals surface area contributed by atoms with E-state index in [0.29, 0.717) is 73.7 Å². The minimum Gasteiger partial charge on any atom is -0.480 e. The van der Waals surface area contributed by atoms with Crippen LogP contribution in [0.5, 0.6) is 0 Å². The number of amides is 1. The second-order valence-corrected chi connectivity index (χ2v) is 31.2. The standard InChI is InChI=1S/C16H23N.C14H19NO2.C11H21NO.C10H20N2O.2C10H19NO.C8H15NO3/c1-13(2)17-9-7-16(8-10-17)11-14-5-3-4-6-15(14)12-16;1-4-17-14(16)13-9-11-7-5-6-8-12(11)15(13)10(2)3;1-9(2)11-4-6-12(7-5-11)8-10(3)13;1-9(2)12-6-4-11(5-7-12)8-10(3)13;1-8(2)11-6-4-10(5-7-11)9(3)12;1-8(2)10-4-6-11(7-5-10)9(3)12;1-5(2)9-4-6(10)3-7(9)8(11)12/h3-6,13H,7-12H2,1-2H3;5-8,10,13H,4,9H2,1-3H3;9,11H,4-8H2,1-3H3;9H,4-8H2,1-3H3;2*8,10H,4-7H2,1-3H3;5-7,10H,3-4H2,1-2H3,(H,11,12)/t;;;;;;6-,7+/m......1/s1. The van der Waals surface area contributed by atoms with Crippen LogP contribution in [-0.2, 0) is 52.8 Å². The fourth-order valence-corrected chi connectivity index (χ4v) is 15.3. The summed E-state index contributed by atoms with van der Waals surface area (Å²) in [4.78, 5) is 84.5. The Kier molecular flexibility index (Phi) is 36.5. The first kappa shape index (κ1) is 83.8. The molecule has 2 aromatic carbocycles. The van der Waals surface area contributed by atoms with Crippen LogP contribution in [0.2, 0.25) is 0 Å². The lowest BCUT2D eigenvalue weighted by Gasteiger charge is -2.41. The molecule has 0 bridgehead atoms. The van der Waals surface area contributed by atoms with E-state index >= 15 is 0 Å². The number of nitrogens with zero attached hydrogens (tertiary/aromatic N) is 8. The number of benzene rings is 2. The van der Waals surface area contributed by atoms with Gasteiger partial charge in [-0.3, -0.25) is 43.6 Å². The number of carboxylic acids is 1. The number of Topliss-reactive ketones (excluding diaryl/α,β-unsaturated/α-hetero) is 3. The average molecular weight is 1340 g/mol. The summed E-state index contributed by atoms with van der Waals surface area (Å²) in [6.07, 6.45) is 13.1. The topological polar surface area (TPSA) is 178 Å². The molecule has 0 radical (unpaired) electrons. The van der Waals surface area contributed by atoms with Crippen LogP contribution in [0.3, 0.4) is 0 Å². The van der Waals surface area contributed by atoms with Gasteiger partial charge in [0.25, 0.3) is 0 Å². The highest BCUT2D eigenvalue weighted by Gasteiger charge is 2.41. The number of carboxylic acid groups (broad SMARTS) is 1. The van der Waals surface area contributed by atoms with Gasteiger partial charge < -0.3 is 34.5 Å². The SMILES string of the molecule is CC(=O)C1CCN(C(C)C)CC1.CC(=O)CN1CCC(C(C)C)CC1.CC(=O)CN1CCN(C(C)C)CC1.CC(=O)N1CCC(C(C)C)CC1.CC(C)N1CCC2(CC1)Cc1ccccc1C2.CC(C)N1C[C@H](O)C[C@H]1C(=O)O.CCOC(=O)C1Cc2ccccc2N1C(C)C. The van der Waals surface area contributed by atoms with Gasteiger partial charge in [0.05, 0.1) is 25.8 Å². The largest absolute Gasteiger partial charge is 0.480 e. The van der Waals surface area contributed by atoms with E-state index in [1.165, 1.54) is 75.7 Å². The Balaban J connectivity index is 0.000000240. The summed E-state index contributed by atoms with van der Waals surface area (Å²) < 4.78 is 5.16. The summed E-state index contributed by atoms with van der Waals surface area (Å²) in [6, 6.07) is 19.1. The van der Waals surface area contributed by atoms with Gasteiger partial charge in [0, 0.05) is 107 Å². The number of hydrogen-bond donors (Lipinski definition) is 2. The number of anilines is 1. The molecule has 8 aliphatic rings. The van der Waals surface area contributed by atoms with Crippen molar-refractivity contribution in [1.29, 1.82) is 0 Å². The molecule has 0 saturated carbocycles. The maximum atomic E-state index is 12.0. The molecule has 7 aliphatic heterocycles. The zero-order valence-corrected chi connectivity index (χ0v) is 63.8. The van der Waals surface area contributed by atoms with Gasteiger partial charge in [0.2, 0.25) is 5.91 Å². The van der Waals surface area contributed by atoms with Crippen LogP contribution >= 0.6 is 0 Å². The van der Waals surface area contributed by atoms with Crippen molar-refractivity contribution in [3.63, 3.8) is 0 Å². The van der Waals surface area contributed by atoms with Crippen LogP contribution in [0.25, 0.3) is 0 Å². The van der Waals surface area contributed by atoms with E-state index in [1.807, 2.05) is 42.7 Å². The zero-order chi connectivity index (χ0) is 71.6. The normalized spacial score (nSPS) is 22.2. The van der Waals surface area contributed by atoms with Gasteiger partial charge >= 0.3 is 11.9 Å². The fourth-order valence-electron chi connectivity index (χ4n) is 15.3. The molecule has 1 unspecified atom stereocenters. The number of aliphatic carboxylic acids is 1. The van der Waals surface area contributed by atoms with E-state index in [-0.39, 0.29) is 29.7 Å². The molecule has 7 heterocycles. The number of carbonyl (C=O) groups is 6. The Morgan fingerprint density at radius 1 is 0.521 bits per heavy atom. The number of carbonyl (C=O) groups excluding carboxylic acids is 5. The molecule has 1 spiro atoms. The van der Waals surface area contributed by atoms with Crippen molar-refractivity contribution in [3.05, 3.63) is 65.2 Å². The van der Waals surface area contributed by atoms with Crippen LogP contribution in [0.15, 0.2) is 48.5 Å². The molecule has 1 amide bonds. The lowest BCUT2D eigenvalue weighted by atomic mass is 9.76. The summed E-state index contributed by atoms with van der Waals surface area (Å²) in [5.41, 5.74) is 6.24. The molecule has 546 valence electrons. The van der Waals surface area contributed by atoms with E-state index in [2.05, 4.69) is 149 Å². The zero-order valence-electron chi connectivity index (χ0n) is 63.8. The second kappa shape index (κ2) is 41.8. The highest BCUT2D eigenvalue weighted by molar-refractivity contribution is 5.84. The smallest absolute Gasteiger partial charge is 0.329 e. The number of likely N-dealkylation sites (tertiary alicyclic amines) is 5. The molecular formula is C79H136N8O9. The summed E-state index contributed by atoms with van der Waals surface area (Å²) >= 11 is 0. The van der Waals surface area contributed by atoms with E-state index in [1.54, 1.807) is 38.8 Å². The van der Waals surface area contributed by atoms with Gasteiger partial charge in [-0.1, -0.05) is 70.2 Å². The number of esters is 1. The highest BCUT2D eigenvalue weighted by atomic mass is 16.5. The summed E-state index contributed by atoms with van der Waals surface area (Å²) in [6.45, 7) is 54.8. The van der Waals surface area contributed by atoms with Crippen molar-refractivity contribution >= 4 is 40.9 Å². The number of para-hydroxylation sites is 1. The first-order chi connectivity index (χ1) is 45.3. The molecule has 6 fully saturated rings. The molecule has 1 aliphatic carbocycles. The van der Waals surface area contributed by atoms with Gasteiger partial charge in [-0.15, -0.1) is 0 Å². The number of ketones is 3. The monoisotopic (exact) mass is 1340 g/mol. The van der Waals surface area contributed by atoms with Gasteiger partial charge in [-0.2, -0.15) is 0 Å². The molecule has 10 rings (SSSR count). The Morgan fingerprint density at radius 2 is 0.958 bits per heavy atom. The number of ether oxygens (including phenoxy) is 1. The second-order valence-electron chi connectivity index (χ2n) is 31.2. The average Bonchev–Trinajstić information content (AvgIpc) is 1.65. The number of aliphatic hydroxyl groups excluding tert-OH is 1. The van der Waals surface area contributed by atoms with Crippen LogP contribution in [0, 0.1) is 35.0 Å². The van der Waals surface area contributed by atoms with Crippen molar-refractivity contribution < 1.29 is 43.7 Å². The molecule has 0 aromatic heterocycles. The lowest BCUT2D eigenvalue weighted by Crippen LogP contribution is -2.49. The van der Waals surface area contributed by atoms with Crippen molar-refractivity contribution in [2.45, 2.75) is 257 Å². The Morgan fingerprint density at radius 3 is 1.35 bits per heavy atom. The Bertz CT molecular complexity index is 2520. The third-order valence-corrected chi connectivity index (χ3v) is 21.6. The summed E-state index contributed by atoms with van der Waals surface area (Å²) in [5, 5.41) is 18.1. The minimum absolute atomic E-state index is 0.114. The number of aliphatic hydroxyl groups is 1. The van der Waals surface area contributed by atoms with Crippen molar-refractivity contribution in [3.8, 4) is 0 Å². The molecule has 6 saturated heterocycles. The third kappa shape index (κ3) is 27.8. The van der Waals surface area contributed by atoms with Gasteiger partial charge in [-0.25, -0.2) is 4.79 Å². The maximum absolute atomic E-state index is 12.0. The van der Waals surface area contributed by atoms with E-state index in [4.69, 9.17) is 9.84 Å². The number of β-amino-alcohol motifs (C(OH)–C–C–N with tert-alkyl or cyclic N) is 1. The third-order valence-electron chi connectivity index (χ3n) is 21.6. The minimum atomic E-state index is -0.833. The molecule has 2 N–H and O–H groups in total. The number of fused-ring (bicyclic) bond motifs is 2. The van der Waals surface area contributed by atoms with Crippen LogP contribution in [-0.4, -0.2) is 233 Å². The first-order valence-electron chi connectivity index (χ1n) is 37.4. The molecule has 2 aromatic rings. The predicted octanol–water partition coefficient (Wildman–Crippen LogP) is 11.7. The van der Waals surface area contributed by atoms with Crippen LogP contribution < -0.4 is 4.90 Å². The Hall–Kier alpha value is -4.62. The molecule has 17 heteroatoms. The molecule has 96 heavy (non-hydrogen) atoms. The van der Waals surface area contributed by atoms with E-state index in [9.17, 15) is 33.9 Å². The number of hydrogen-bond acceptors (Lipinski definition) is 15. The fraction of sp³-hybridized carbons (Fsp3) is 0.772. The summed E-state index contributed by atoms with van der Waals surface area (Å²) in [5.74, 6) is 3.87. The highest BCUT2D eigenvalue weighted by Crippen LogP contribution is 2.45. The molecular weight excluding hydrogens is 1200 g/mol. The van der Waals surface area contributed by atoms with E-state index < -0.39 is 18.1 Å². The van der Waals surface area contributed by atoms with Crippen molar-refractivity contribution in [2.75, 3.05) is 110 Å². The first-order valence-corrected chi connectivity index (χ1v) is 37.4. The van der Waals surface area contributed by atoms with Crippen molar-refractivity contribution in [1.82, 2.24) is 34.3 Å². The number of piperidine rings is 4. The van der Waals surface area contributed by atoms with Crippen LogP contribution in [0.4, 0.5) is 5.69 Å². The maximum Gasteiger partial charge on any atom is 0.329 e. The predicted molar refractivity (Wildman–Crippen MR) is 393 cm³/mol. The molecule has 3 atom stereocenters. The Labute approximate surface area is 583 Å². The van der Waals surface area contributed by atoms with Crippen molar-refractivity contribution in [2.24, 2.45) is 35.0 Å². The van der Waals surface area contributed by atoms with Gasteiger partial charge in [-0.05, 0) is 252 Å². The summed E-state index contributed by atoms with van der Waals surface area (Å²) in [7, 11) is 0. The van der Waals surface area contributed by atoms with Crippen LogP contribution in [0.1, 0.15) is 206 Å². The van der Waals surface area contributed by atoms with Gasteiger partial charge in [0.1, 0.15) is 29.4 Å². The number of piperazine rings is 1. The van der Waals surface area contributed by atoms with E-state index in [0.717, 1.165) is 114 Å². The van der Waals surface area contributed by atoms with Gasteiger partial charge in [0.15, 0.2) is 0 Å². The number of rotatable bonds is 15. The molecule has 17 nitrogen and oxygen atoms in total.